The first-order valence-electron chi connectivity index (χ1n) is 2.98. The fourth-order valence-electron chi connectivity index (χ4n) is 0.646. The third-order valence-corrected chi connectivity index (χ3v) is 3.32. The third kappa shape index (κ3) is 1.73. The standard InChI is InChI=1S/C7H10S2/c1-3-6-4-7(8-2)9-5-6/h4-5H,3H2,1-2H3. The fourth-order valence-corrected chi connectivity index (χ4v) is 2.17. The van der Waals surface area contributed by atoms with Crippen LogP contribution in [0.5, 0.6) is 0 Å². The summed E-state index contributed by atoms with van der Waals surface area (Å²) in [5, 5.41) is 2.23. The maximum absolute atomic E-state index is 2.26. The van der Waals surface area contributed by atoms with Crippen molar-refractivity contribution in [2.75, 3.05) is 6.26 Å². The van der Waals surface area contributed by atoms with Crippen LogP contribution in [0.3, 0.4) is 0 Å². The molecule has 50 valence electrons. The molecule has 1 aromatic rings. The van der Waals surface area contributed by atoms with Gasteiger partial charge in [-0.25, -0.2) is 0 Å². The van der Waals surface area contributed by atoms with E-state index >= 15 is 0 Å². The van der Waals surface area contributed by atoms with Crippen molar-refractivity contribution in [2.45, 2.75) is 17.6 Å². The van der Waals surface area contributed by atoms with Crippen LogP contribution in [-0.4, -0.2) is 6.26 Å². The second-order valence-electron chi connectivity index (χ2n) is 1.83. The highest BCUT2D eigenvalue weighted by atomic mass is 32.2. The van der Waals surface area contributed by atoms with E-state index in [1.54, 1.807) is 0 Å². The lowest BCUT2D eigenvalue weighted by Crippen LogP contribution is -1.67. The fraction of sp³-hybridized carbons (Fsp3) is 0.429. The third-order valence-electron chi connectivity index (χ3n) is 1.24. The van der Waals surface area contributed by atoms with Crippen LogP contribution in [0.2, 0.25) is 0 Å². The topological polar surface area (TPSA) is 0 Å². The summed E-state index contributed by atoms with van der Waals surface area (Å²) in [5.41, 5.74) is 1.46. The zero-order valence-corrected chi connectivity index (χ0v) is 7.31. The Morgan fingerprint density at radius 2 is 2.44 bits per heavy atom. The molecule has 0 N–H and O–H groups in total. The lowest BCUT2D eigenvalue weighted by molar-refractivity contribution is 1.15. The molecule has 1 aromatic heterocycles. The highest BCUT2D eigenvalue weighted by Crippen LogP contribution is 2.23. The molecule has 0 aliphatic rings. The van der Waals surface area contributed by atoms with Crippen LogP contribution >= 0.6 is 23.1 Å². The highest BCUT2D eigenvalue weighted by molar-refractivity contribution is 8.00. The van der Waals surface area contributed by atoms with E-state index in [1.165, 1.54) is 9.77 Å². The summed E-state index contributed by atoms with van der Waals surface area (Å²) in [6, 6.07) is 2.26. The van der Waals surface area contributed by atoms with E-state index in [9.17, 15) is 0 Å². The molecule has 9 heavy (non-hydrogen) atoms. The number of hydrogen-bond acceptors (Lipinski definition) is 2. The first kappa shape index (κ1) is 7.16. The van der Waals surface area contributed by atoms with E-state index in [0.717, 1.165) is 6.42 Å². The molecule has 0 nitrogen and oxygen atoms in total. The van der Waals surface area contributed by atoms with Gasteiger partial charge >= 0.3 is 0 Å². The molecule has 0 aliphatic heterocycles. The molecule has 0 radical (unpaired) electrons. The molecule has 0 bridgehead atoms. The maximum atomic E-state index is 2.26. The Morgan fingerprint density at radius 3 is 2.78 bits per heavy atom. The maximum Gasteiger partial charge on any atom is 0.0598 e. The Bertz CT molecular complexity index is 160. The summed E-state index contributed by atoms with van der Waals surface area (Å²) < 4.78 is 1.42. The molecule has 0 amide bonds. The summed E-state index contributed by atoms with van der Waals surface area (Å²) in [7, 11) is 0. The van der Waals surface area contributed by atoms with Gasteiger partial charge in [0.15, 0.2) is 0 Å². The zero-order chi connectivity index (χ0) is 6.69. The smallest absolute Gasteiger partial charge is 0.0598 e. The van der Waals surface area contributed by atoms with Gasteiger partial charge in [0.2, 0.25) is 0 Å². The Labute approximate surface area is 64.3 Å². The molecule has 0 spiro atoms. The molecule has 0 saturated carbocycles. The van der Waals surface area contributed by atoms with Gasteiger partial charge in [0.25, 0.3) is 0 Å². The zero-order valence-electron chi connectivity index (χ0n) is 5.68. The van der Waals surface area contributed by atoms with Crippen LogP contribution in [0.25, 0.3) is 0 Å². The van der Waals surface area contributed by atoms with Crippen LogP contribution in [0.15, 0.2) is 15.7 Å². The van der Waals surface area contributed by atoms with Gasteiger partial charge in [-0.05, 0) is 29.7 Å². The van der Waals surface area contributed by atoms with Crippen molar-refractivity contribution in [2.24, 2.45) is 0 Å². The minimum absolute atomic E-state index is 1.16. The molecule has 1 rings (SSSR count). The first-order valence-corrected chi connectivity index (χ1v) is 5.08. The first-order chi connectivity index (χ1) is 4.36. The SMILES string of the molecule is CCc1csc(SC)c1. The van der Waals surface area contributed by atoms with E-state index in [-0.39, 0.29) is 0 Å². The number of aryl methyl sites for hydroxylation is 1. The molecule has 0 unspecified atom stereocenters. The van der Waals surface area contributed by atoms with E-state index < -0.39 is 0 Å². The molecular formula is C7H10S2. The van der Waals surface area contributed by atoms with Crippen LogP contribution < -0.4 is 0 Å². The number of thiophene rings is 1. The molecular weight excluding hydrogens is 148 g/mol. The Hall–Kier alpha value is 0.0500. The van der Waals surface area contributed by atoms with Gasteiger partial charge in [-0.2, -0.15) is 0 Å². The summed E-state index contributed by atoms with van der Waals surface area (Å²) in [6.45, 7) is 2.19. The number of rotatable bonds is 2. The van der Waals surface area contributed by atoms with Crippen LogP contribution in [0.1, 0.15) is 12.5 Å². The van der Waals surface area contributed by atoms with E-state index in [4.69, 9.17) is 0 Å². The Morgan fingerprint density at radius 1 is 1.67 bits per heavy atom. The van der Waals surface area contributed by atoms with Crippen molar-refractivity contribution in [3.8, 4) is 0 Å². The second kappa shape index (κ2) is 3.28. The molecule has 0 aliphatic carbocycles. The van der Waals surface area contributed by atoms with Crippen LogP contribution in [0, 0.1) is 0 Å². The summed E-state index contributed by atoms with van der Waals surface area (Å²) >= 11 is 3.66. The van der Waals surface area contributed by atoms with Gasteiger partial charge < -0.3 is 0 Å². The van der Waals surface area contributed by atoms with Gasteiger partial charge in [0.1, 0.15) is 0 Å². The average Bonchev–Trinajstić information content (AvgIpc) is 2.34. The van der Waals surface area contributed by atoms with Crippen molar-refractivity contribution in [3.05, 3.63) is 17.0 Å². The molecule has 2 heteroatoms. The van der Waals surface area contributed by atoms with Crippen LogP contribution in [0.4, 0.5) is 0 Å². The molecule has 0 saturated heterocycles. The summed E-state index contributed by atoms with van der Waals surface area (Å²) in [4.78, 5) is 0. The largest absolute Gasteiger partial charge is 0.137 e. The van der Waals surface area contributed by atoms with Gasteiger partial charge in [0.05, 0.1) is 4.21 Å². The Balaban J connectivity index is 2.74. The van der Waals surface area contributed by atoms with Gasteiger partial charge in [-0.15, -0.1) is 23.1 Å². The van der Waals surface area contributed by atoms with Gasteiger partial charge in [0, 0.05) is 0 Å². The molecule has 1 heterocycles. The molecule has 0 aromatic carbocycles. The normalized spacial score (nSPS) is 10.0. The predicted octanol–water partition coefficient (Wildman–Crippen LogP) is 3.03. The second-order valence-corrected chi connectivity index (χ2v) is 3.85. The van der Waals surface area contributed by atoms with Crippen molar-refractivity contribution in [1.29, 1.82) is 0 Å². The molecule has 0 atom stereocenters. The average molecular weight is 158 g/mol. The van der Waals surface area contributed by atoms with Crippen molar-refractivity contribution in [3.63, 3.8) is 0 Å². The van der Waals surface area contributed by atoms with Crippen molar-refractivity contribution < 1.29 is 0 Å². The van der Waals surface area contributed by atoms with Crippen molar-refractivity contribution in [1.82, 2.24) is 0 Å². The lowest BCUT2D eigenvalue weighted by Gasteiger charge is -1.83. The predicted molar refractivity (Wildman–Crippen MR) is 45.5 cm³/mol. The van der Waals surface area contributed by atoms with Gasteiger partial charge in [-0.1, -0.05) is 6.92 Å². The number of thioether (sulfide) groups is 1. The van der Waals surface area contributed by atoms with Crippen molar-refractivity contribution >= 4 is 23.1 Å². The number of hydrogen-bond donors (Lipinski definition) is 0. The van der Waals surface area contributed by atoms with E-state index in [1.807, 2.05) is 23.1 Å². The minimum atomic E-state index is 1.16. The Kier molecular flexibility index (Phi) is 2.61. The monoisotopic (exact) mass is 158 g/mol. The van der Waals surface area contributed by atoms with E-state index in [0.29, 0.717) is 0 Å². The summed E-state index contributed by atoms with van der Waals surface area (Å²) in [5.74, 6) is 0. The van der Waals surface area contributed by atoms with Crippen LogP contribution in [-0.2, 0) is 6.42 Å². The molecule has 0 fully saturated rings. The quantitative estimate of drug-likeness (QED) is 0.596. The summed E-state index contributed by atoms with van der Waals surface area (Å²) in [6.07, 6.45) is 3.28. The van der Waals surface area contributed by atoms with E-state index in [2.05, 4.69) is 24.6 Å². The highest BCUT2D eigenvalue weighted by Gasteiger charge is 1.93. The lowest BCUT2D eigenvalue weighted by atomic mass is 10.3. The van der Waals surface area contributed by atoms with Gasteiger partial charge in [-0.3, -0.25) is 0 Å². The minimum Gasteiger partial charge on any atom is -0.137 e.